The topological polar surface area (TPSA) is 59.6 Å². The largest absolute Gasteiger partial charge is 0.380 e. The standard InChI is InChI=1S/C17H27N3O.HI/c1-13(2)8-10-21-11-9-19-17(18)20-16-7-6-14-4-3-5-15(14)12-16;/h6-7,12-13H,3-5,8-11H2,1-2H3,(H3,18,19,20);1H. The molecular weight excluding hydrogens is 389 g/mol. The Morgan fingerprint density at radius 1 is 1.27 bits per heavy atom. The summed E-state index contributed by atoms with van der Waals surface area (Å²) in [5.74, 6) is 1.14. The van der Waals surface area contributed by atoms with Crippen LogP contribution >= 0.6 is 24.0 Å². The van der Waals surface area contributed by atoms with Crippen molar-refractivity contribution in [1.29, 1.82) is 0 Å². The zero-order chi connectivity index (χ0) is 15.1. The minimum absolute atomic E-state index is 0. The second-order valence-corrected chi connectivity index (χ2v) is 6.02. The first-order valence-corrected chi connectivity index (χ1v) is 7.91. The lowest BCUT2D eigenvalue weighted by molar-refractivity contribution is 0.131. The lowest BCUT2D eigenvalue weighted by Gasteiger charge is -2.08. The van der Waals surface area contributed by atoms with E-state index in [0.29, 0.717) is 25.0 Å². The molecule has 0 radical (unpaired) electrons. The van der Waals surface area contributed by atoms with Gasteiger partial charge in [0.25, 0.3) is 0 Å². The Morgan fingerprint density at radius 2 is 2.05 bits per heavy atom. The van der Waals surface area contributed by atoms with Gasteiger partial charge in [0.2, 0.25) is 0 Å². The summed E-state index contributed by atoms with van der Waals surface area (Å²) in [5.41, 5.74) is 9.83. The second kappa shape index (κ2) is 10.0. The number of fused-ring (bicyclic) bond motifs is 1. The van der Waals surface area contributed by atoms with Crippen molar-refractivity contribution < 1.29 is 4.74 Å². The molecular formula is C17H28IN3O. The SMILES string of the molecule is CC(C)CCOCCN=C(N)Nc1ccc2c(c1)CCC2.I. The first kappa shape index (κ1) is 19.2. The first-order valence-electron chi connectivity index (χ1n) is 7.91. The van der Waals surface area contributed by atoms with Gasteiger partial charge in [-0.2, -0.15) is 0 Å². The molecule has 0 spiro atoms. The van der Waals surface area contributed by atoms with Crippen LogP contribution < -0.4 is 11.1 Å². The number of nitrogens with zero attached hydrogens (tertiary/aromatic N) is 1. The molecule has 0 aliphatic heterocycles. The van der Waals surface area contributed by atoms with Gasteiger partial charge in [-0.05, 0) is 54.9 Å². The molecule has 0 saturated heterocycles. The van der Waals surface area contributed by atoms with E-state index in [1.807, 2.05) is 0 Å². The molecule has 1 aromatic carbocycles. The highest BCUT2D eigenvalue weighted by atomic mass is 127. The average Bonchev–Trinajstić information content (AvgIpc) is 2.89. The highest BCUT2D eigenvalue weighted by molar-refractivity contribution is 14.0. The van der Waals surface area contributed by atoms with E-state index in [4.69, 9.17) is 10.5 Å². The fraction of sp³-hybridized carbons (Fsp3) is 0.588. The van der Waals surface area contributed by atoms with Gasteiger partial charge in [-0.15, -0.1) is 24.0 Å². The summed E-state index contributed by atoms with van der Waals surface area (Å²) >= 11 is 0. The van der Waals surface area contributed by atoms with Gasteiger partial charge in [0.15, 0.2) is 5.96 Å². The van der Waals surface area contributed by atoms with Gasteiger partial charge >= 0.3 is 0 Å². The zero-order valence-corrected chi connectivity index (χ0v) is 15.9. The smallest absolute Gasteiger partial charge is 0.193 e. The van der Waals surface area contributed by atoms with Crippen LogP contribution in [0.1, 0.15) is 37.8 Å². The van der Waals surface area contributed by atoms with Crippen molar-refractivity contribution in [2.24, 2.45) is 16.6 Å². The Bertz CT molecular complexity index is 489. The van der Waals surface area contributed by atoms with E-state index in [9.17, 15) is 0 Å². The predicted molar refractivity (Wildman–Crippen MR) is 104 cm³/mol. The van der Waals surface area contributed by atoms with Crippen LogP contribution in [0.3, 0.4) is 0 Å². The third-order valence-corrected chi connectivity index (χ3v) is 3.73. The number of benzene rings is 1. The third kappa shape index (κ3) is 6.52. The van der Waals surface area contributed by atoms with E-state index in [-0.39, 0.29) is 24.0 Å². The van der Waals surface area contributed by atoms with Crippen LogP contribution in [-0.4, -0.2) is 25.7 Å². The molecule has 1 aliphatic rings. The molecule has 1 aliphatic carbocycles. The number of guanidine groups is 1. The normalized spacial score (nSPS) is 13.9. The van der Waals surface area contributed by atoms with Crippen molar-refractivity contribution in [3.63, 3.8) is 0 Å². The van der Waals surface area contributed by atoms with E-state index in [1.165, 1.54) is 30.4 Å². The van der Waals surface area contributed by atoms with Crippen molar-refractivity contribution in [3.05, 3.63) is 29.3 Å². The van der Waals surface area contributed by atoms with Crippen molar-refractivity contribution in [1.82, 2.24) is 0 Å². The van der Waals surface area contributed by atoms with Crippen molar-refractivity contribution in [2.75, 3.05) is 25.1 Å². The van der Waals surface area contributed by atoms with E-state index in [1.54, 1.807) is 0 Å². The summed E-state index contributed by atoms with van der Waals surface area (Å²) in [6.45, 7) is 6.41. The second-order valence-electron chi connectivity index (χ2n) is 6.02. The minimum atomic E-state index is 0. The van der Waals surface area contributed by atoms with Gasteiger partial charge in [-0.25, -0.2) is 0 Å². The Kier molecular flexibility index (Phi) is 8.78. The summed E-state index contributed by atoms with van der Waals surface area (Å²) in [6.07, 6.45) is 4.72. The van der Waals surface area contributed by atoms with Crippen LogP contribution in [-0.2, 0) is 17.6 Å². The molecule has 3 N–H and O–H groups in total. The third-order valence-electron chi connectivity index (χ3n) is 3.73. The summed E-state index contributed by atoms with van der Waals surface area (Å²) in [7, 11) is 0. The van der Waals surface area contributed by atoms with Crippen LogP contribution in [0.2, 0.25) is 0 Å². The molecule has 22 heavy (non-hydrogen) atoms. The molecule has 0 aromatic heterocycles. The van der Waals surface area contributed by atoms with Crippen LogP contribution in [0.5, 0.6) is 0 Å². The fourth-order valence-electron chi connectivity index (χ4n) is 2.49. The molecule has 0 saturated carbocycles. The maximum Gasteiger partial charge on any atom is 0.193 e. The molecule has 5 heteroatoms. The number of nitrogens with one attached hydrogen (secondary N) is 1. The molecule has 0 fully saturated rings. The van der Waals surface area contributed by atoms with E-state index < -0.39 is 0 Å². The number of aryl methyl sites for hydroxylation is 2. The lowest BCUT2D eigenvalue weighted by atomic mass is 10.1. The number of anilines is 1. The number of aliphatic imine (C=N–C) groups is 1. The summed E-state index contributed by atoms with van der Waals surface area (Å²) < 4.78 is 5.52. The van der Waals surface area contributed by atoms with Gasteiger partial charge in [0.05, 0.1) is 13.2 Å². The number of hydrogen-bond donors (Lipinski definition) is 2. The Morgan fingerprint density at radius 3 is 2.82 bits per heavy atom. The van der Waals surface area contributed by atoms with Gasteiger partial charge < -0.3 is 15.8 Å². The van der Waals surface area contributed by atoms with Gasteiger partial charge in [0.1, 0.15) is 0 Å². The van der Waals surface area contributed by atoms with Gasteiger partial charge in [0, 0.05) is 12.3 Å². The highest BCUT2D eigenvalue weighted by Crippen LogP contribution is 2.24. The lowest BCUT2D eigenvalue weighted by Crippen LogP contribution is -2.23. The first-order chi connectivity index (χ1) is 10.1. The number of rotatable bonds is 7. The predicted octanol–water partition coefficient (Wildman–Crippen LogP) is 3.58. The van der Waals surface area contributed by atoms with Gasteiger partial charge in [-0.1, -0.05) is 19.9 Å². The van der Waals surface area contributed by atoms with E-state index in [2.05, 4.69) is 42.4 Å². The monoisotopic (exact) mass is 417 g/mol. The summed E-state index contributed by atoms with van der Waals surface area (Å²) in [5, 5.41) is 3.15. The Labute approximate surface area is 150 Å². The van der Waals surface area contributed by atoms with Crippen LogP contribution in [0.4, 0.5) is 5.69 Å². The van der Waals surface area contributed by atoms with E-state index in [0.717, 1.165) is 18.7 Å². The molecule has 0 heterocycles. The van der Waals surface area contributed by atoms with Crippen molar-refractivity contribution in [2.45, 2.75) is 39.5 Å². The quantitative estimate of drug-likeness (QED) is 0.309. The molecule has 2 rings (SSSR count). The molecule has 0 bridgehead atoms. The van der Waals surface area contributed by atoms with Crippen molar-refractivity contribution in [3.8, 4) is 0 Å². The average molecular weight is 417 g/mol. The maximum atomic E-state index is 5.90. The summed E-state index contributed by atoms with van der Waals surface area (Å²) in [4.78, 5) is 4.29. The maximum absolute atomic E-state index is 5.90. The van der Waals surface area contributed by atoms with Gasteiger partial charge in [-0.3, -0.25) is 4.99 Å². The number of halogens is 1. The zero-order valence-electron chi connectivity index (χ0n) is 13.6. The van der Waals surface area contributed by atoms with Crippen LogP contribution in [0, 0.1) is 5.92 Å². The molecule has 0 atom stereocenters. The molecule has 4 nitrogen and oxygen atoms in total. The van der Waals surface area contributed by atoms with Crippen molar-refractivity contribution >= 4 is 35.6 Å². The molecule has 124 valence electrons. The molecule has 0 amide bonds. The number of nitrogens with two attached hydrogens (primary N) is 1. The fourth-order valence-corrected chi connectivity index (χ4v) is 2.49. The minimum Gasteiger partial charge on any atom is -0.380 e. The molecule has 1 aromatic rings. The molecule has 0 unspecified atom stereocenters. The van der Waals surface area contributed by atoms with Crippen LogP contribution in [0.15, 0.2) is 23.2 Å². The van der Waals surface area contributed by atoms with Crippen LogP contribution in [0.25, 0.3) is 0 Å². The number of ether oxygens (including phenoxy) is 1. The highest BCUT2D eigenvalue weighted by Gasteiger charge is 2.10. The summed E-state index contributed by atoms with van der Waals surface area (Å²) in [6, 6.07) is 6.45. The Balaban J connectivity index is 0.00000242. The Hall–Kier alpha value is -0.820. The number of hydrogen-bond acceptors (Lipinski definition) is 2. The van der Waals surface area contributed by atoms with E-state index >= 15 is 0 Å².